The molecule has 0 unspecified atom stereocenters. The molecule has 6 heteroatoms. The summed E-state index contributed by atoms with van der Waals surface area (Å²) in [6.07, 6.45) is 2.06. The number of anilines is 2. The van der Waals surface area contributed by atoms with Gasteiger partial charge in [-0.1, -0.05) is 30.3 Å². The number of para-hydroxylation sites is 3. The quantitative estimate of drug-likeness (QED) is 0.624. The van der Waals surface area contributed by atoms with Gasteiger partial charge in [-0.15, -0.1) is 18.3 Å². The van der Waals surface area contributed by atoms with E-state index in [0.29, 0.717) is 18.0 Å². The van der Waals surface area contributed by atoms with Gasteiger partial charge >= 0.3 is 0 Å². The number of fused-ring (bicyclic) bond motifs is 1. The summed E-state index contributed by atoms with van der Waals surface area (Å²) in [5.41, 5.74) is 1.36. The standard InChI is InChI=1S/C20H20N2O3S/c1-2-13-26-18-10-6-3-7-15(18)21-19(23)14-22-16-8-4-5-9-17(16)25-12-11-20(22)24/h2-10H,1,11-14H2,(H,21,23). The molecule has 0 radical (unpaired) electrons. The minimum atomic E-state index is -0.248. The second-order valence-corrected chi connectivity index (χ2v) is 6.75. The lowest BCUT2D eigenvalue weighted by Gasteiger charge is -2.21. The van der Waals surface area contributed by atoms with E-state index in [4.69, 9.17) is 4.74 Å². The van der Waals surface area contributed by atoms with E-state index >= 15 is 0 Å². The lowest BCUT2D eigenvalue weighted by molar-refractivity contribution is -0.121. The number of benzene rings is 2. The summed E-state index contributed by atoms with van der Waals surface area (Å²) in [5, 5.41) is 2.91. The molecule has 5 nitrogen and oxygen atoms in total. The Balaban J connectivity index is 1.76. The average Bonchev–Trinajstić information content (AvgIpc) is 2.80. The highest BCUT2D eigenvalue weighted by Gasteiger charge is 2.25. The fraction of sp³-hybridized carbons (Fsp3) is 0.200. The molecule has 0 fully saturated rings. The molecule has 0 saturated heterocycles. The normalized spacial score (nSPS) is 13.4. The van der Waals surface area contributed by atoms with Crippen molar-refractivity contribution in [1.29, 1.82) is 0 Å². The van der Waals surface area contributed by atoms with Crippen molar-refractivity contribution in [3.05, 3.63) is 61.2 Å². The van der Waals surface area contributed by atoms with Crippen LogP contribution in [0.25, 0.3) is 0 Å². The first-order valence-electron chi connectivity index (χ1n) is 8.34. The summed E-state index contributed by atoms with van der Waals surface area (Å²) in [4.78, 5) is 27.5. The lowest BCUT2D eigenvalue weighted by atomic mass is 10.2. The van der Waals surface area contributed by atoms with Gasteiger partial charge in [-0.3, -0.25) is 14.5 Å². The predicted molar refractivity (Wildman–Crippen MR) is 105 cm³/mol. The van der Waals surface area contributed by atoms with E-state index in [1.54, 1.807) is 23.9 Å². The minimum absolute atomic E-state index is 0.0559. The Bertz CT molecular complexity index is 822. The van der Waals surface area contributed by atoms with Gasteiger partial charge < -0.3 is 10.1 Å². The van der Waals surface area contributed by atoms with Crippen LogP contribution in [-0.2, 0) is 9.59 Å². The van der Waals surface area contributed by atoms with E-state index in [1.807, 2.05) is 42.5 Å². The number of nitrogens with one attached hydrogen (secondary N) is 1. The van der Waals surface area contributed by atoms with Crippen molar-refractivity contribution in [2.75, 3.05) is 29.1 Å². The molecule has 134 valence electrons. The number of ether oxygens (including phenoxy) is 1. The van der Waals surface area contributed by atoms with E-state index in [1.165, 1.54) is 4.90 Å². The molecule has 0 aromatic heterocycles. The molecule has 1 N–H and O–H groups in total. The van der Waals surface area contributed by atoms with Crippen molar-refractivity contribution in [2.24, 2.45) is 0 Å². The highest BCUT2D eigenvalue weighted by Crippen LogP contribution is 2.31. The Labute approximate surface area is 157 Å². The topological polar surface area (TPSA) is 58.6 Å². The zero-order valence-corrected chi connectivity index (χ0v) is 15.1. The molecule has 26 heavy (non-hydrogen) atoms. The number of hydrogen-bond donors (Lipinski definition) is 1. The smallest absolute Gasteiger partial charge is 0.244 e. The third-order valence-electron chi connectivity index (χ3n) is 3.85. The molecule has 2 aromatic rings. The summed E-state index contributed by atoms with van der Waals surface area (Å²) in [6, 6.07) is 14.9. The summed E-state index contributed by atoms with van der Waals surface area (Å²) in [6.45, 7) is 3.98. The Morgan fingerprint density at radius 1 is 1.23 bits per heavy atom. The SMILES string of the molecule is C=CCSc1ccccc1NC(=O)CN1C(=O)CCOc2ccccc21. The van der Waals surface area contributed by atoms with Crippen LogP contribution in [0.5, 0.6) is 5.75 Å². The number of carbonyl (C=O) groups is 2. The van der Waals surface area contributed by atoms with E-state index < -0.39 is 0 Å². The molecule has 0 spiro atoms. The van der Waals surface area contributed by atoms with Gasteiger partial charge in [0.05, 0.1) is 24.4 Å². The van der Waals surface area contributed by atoms with Gasteiger partial charge in [-0.05, 0) is 24.3 Å². The number of hydrogen-bond acceptors (Lipinski definition) is 4. The number of thioether (sulfide) groups is 1. The van der Waals surface area contributed by atoms with E-state index in [0.717, 1.165) is 16.3 Å². The fourth-order valence-corrected chi connectivity index (χ4v) is 3.42. The van der Waals surface area contributed by atoms with Crippen molar-refractivity contribution >= 4 is 35.0 Å². The van der Waals surface area contributed by atoms with Gasteiger partial charge in [-0.25, -0.2) is 0 Å². The summed E-state index contributed by atoms with van der Waals surface area (Å²) in [7, 11) is 0. The molecule has 1 heterocycles. The molecule has 0 aliphatic carbocycles. The molecule has 0 bridgehead atoms. The largest absolute Gasteiger partial charge is 0.491 e. The maximum absolute atomic E-state index is 12.6. The second-order valence-electron chi connectivity index (χ2n) is 5.69. The predicted octanol–water partition coefficient (Wildman–Crippen LogP) is 3.72. The molecular formula is C20H20N2O3S. The third kappa shape index (κ3) is 4.26. The Kier molecular flexibility index (Phi) is 5.96. The summed E-state index contributed by atoms with van der Waals surface area (Å²) < 4.78 is 5.61. The van der Waals surface area contributed by atoms with Crippen LogP contribution in [0.4, 0.5) is 11.4 Å². The van der Waals surface area contributed by atoms with E-state index in [-0.39, 0.29) is 24.8 Å². The number of nitrogens with zero attached hydrogens (tertiary/aromatic N) is 1. The zero-order valence-electron chi connectivity index (χ0n) is 14.3. The number of rotatable bonds is 6. The van der Waals surface area contributed by atoms with Gasteiger partial charge in [0, 0.05) is 10.6 Å². The molecule has 1 aliphatic rings. The van der Waals surface area contributed by atoms with Crippen molar-refractivity contribution in [2.45, 2.75) is 11.3 Å². The monoisotopic (exact) mass is 368 g/mol. The van der Waals surface area contributed by atoms with Gasteiger partial charge in [0.1, 0.15) is 12.3 Å². The van der Waals surface area contributed by atoms with Crippen molar-refractivity contribution in [3.63, 3.8) is 0 Å². The van der Waals surface area contributed by atoms with Gasteiger partial charge in [0.25, 0.3) is 0 Å². The van der Waals surface area contributed by atoms with E-state index in [2.05, 4.69) is 11.9 Å². The lowest BCUT2D eigenvalue weighted by Crippen LogP contribution is -2.37. The highest BCUT2D eigenvalue weighted by molar-refractivity contribution is 7.99. The molecule has 3 rings (SSSR count). The van der Waals surface area contributed by atoms with Gasteiger partial charge in [0.15, 0.2) is 0 Å². The van der Waals surface area contributed by atoms with Crippen LogP contribution in [0, 0.1) is 0 Å². The van der Waals surface area contributed by atoms with E-state index in [9.17, 15) is 9.59 Å². The maximum atomic E-state index is 12.6. The van der Waals surface area contributed by atoms with Crippen molar-refractivity contribution in [3.8, 4) is 5.75 Å². The molecule has 1 aliphatic heterocycles. The third-order valence-corrected chi connectivity index (χ3v) is 4.92. The highest BCUT2D eigenvalue weighted by atomic mass is 32.2. The Morgan fingerprint density at radius 2 is 2.00 bits per heavy atom. The molecule has 2 aromatic carbocycles. The van der Waals surface area contributed by atoms with Crippen LogP contribution >= 0.6 is 11.8 Å². The van der Waals surface area contributed by atoms with Gasteiger partial charge in [-0.2, -0.15) is 0 Å². The van der Waals surface area contributed by atoms with Gasteiger partial charge in [0.2, 0.25) is 11.8 Å². The van der Waals surface area contributed by atoms with Crippen molar-refractivity contribution in [1.82, 2.24) is 0 Å². The van der Waals surface area contributed by atoms with Crippen LogP contribution in [0.2, 0.25) is 0 Å². The summed E-state index contributed by atoms with van der Waals surface area (Å²) >= 11 is 1.59. The van der Waals surface area contributed by atoms with Crippen molar-refractivity contribution < 1.29 is 14.3 Å². The maximum Gasteiger partial charge on any atom is 0.244 e. The summed E-state index contributed by atoms with van der Waals surface area (Å²) in [5.74, 6) is 0.997. The number of amides is 2. The van der Waals surface area contributed by atoms with Crippen LogP contribution in [0.1, 0.15) is 6.42 Å². The number of carbonyl (C=O) groups excluding carboxylic acids is 2. The molecule has 0 saturated carbocycles. The van der Waals surface area contributed by atoms with Crippen LogP contribution < -0.4 is 15.0 Å². The first-order valence-corrected chi connectivity index (χ1v) is 9.32. The Hall–Kier alpha value is -2.73. The van der Waals surface area contributed by atoms with Crippen LogP contribution in [0.3, 0.4) is 0 Å². The minimum Gasteiger partial charge on any atom is -0.491 e. The average molecular weight is 368 g/mol. The first-order chi connectivity index (χ1) is 12.7. The second kappa shape index (κ2) is 8.58. The molecule has 0 atom stereocenters. The van der Waals surface area contributed by atoms with Crippen LogP contribution in [0.15, 0.2) is 66.1 Å². The zero-order chi connectivity index (χ0) is 18.4. The fourth-order valence-electron chi connectivity index (χ4n) is 2.67. The first kappa shape index (κ1) is 18.1. The molecule has 2 amide bonds. The van der Waals surface area contributed by atoms with Crippen LogP contribution in [-0.4, -0.2) is 30.7 Å². The molecular weight excluding hydrogens is 348 g/mol. The Morgan fingerprint density at radius 3 is 2.85 bits per heavy atom.